The molecule has 0 saturated heterocycles. The maximum absolute atomic E-state index is 2.54. The quantitative estimate of drug-likeness (QED) is 0.156. The highest BCUT2D eigenvalue weighted by atomic mass is 14.5. The second-order valence-corrected chi connectivity index (χ2v) is 17.5. The van der Waals surface area contributed by atoms with Gasteiger partial charge in [0.15, 0.2) is 0 Å². The van der Waals surface area contributed by atoms with Crippen LogP contribution in [-0.2, 0) is 5.41 Å². The highest BCUT2D eigenvalue weighted by molar-refractivity contribution is 6.24. The molecule has 63 heavy (non-hydrogen) atoms. The van der Waals surface area contributed by atoms with Crippen molar-refractivity contribution in [2.45, 2.75) is 5.41 Å². The van der Waals surface area contributed by atoms with E-state index in [0.29, 0.717) is 0 Å². The second-order valence-electron chi connectivity index (χ2n) is 17.5. The Morgan fingerprint density at radius 3 is 1.27 bits per heavy atom. The van der Waals surface area contributed by atoms with Gasteiger partial charge in [0.05, 0.1) is 5.41 Å². The molecule has 0 heteroatoms. The molecule has 2 aliphatic carbocycles. The summed E-state index contributed by atoms with van der Waals surface area (Å²) in [6.07, 6.45) is 0. The van der Waals surface area contributed by atoms with Gasteiger partial charge in [-0.05, 0) is 162 Å². The Hall–Kier alpha value is -8.06. The molecule has 0 amide bonds. The first-order valence-electron chi connectivity index (χ1n) is 22.1. The van der Waals surface area contributed by atoms with Crippen LogP contribution in [0, 0.1) is 0 Å². The van der Waals surface area contributed by atoms with E-state index in [0.717, 1.165) is 0 Å². The van der Waals surface area contributed by atoms with Gasteiger partial charge in [0.1, 0.15) is 0 Å². The first-order valence-corrected chi connectivity index (χ1v) is 22.1. The number of hydrogen-bond acceptors (Lipinski definition) is 0. The van der Waals surface area contributed by atoms with Crippen LogP contribution in [0.2, 0.25) is 0 Å². The zero-order valence-electron chi connectivity index (χ0n) is 34.4. The fourth-order valence-corrected chi connectivity index (χ4v) is 11.8. The zero-order valence-corrected chi connectivity index (χ0v) is 34.4. The average Bonchev–Trinajstić information content (AvgIpc) is 3.80. The molecule has 0 atom stereocenters. The van der Waals surface area contributed by atoms with Crippen LogP contribution in [0.15, 0.2) is 231 Å². The van der Waals surface area contributed by atoms with Crippen LogP contribution in [0.25, 0.3) is 109 Å². The molecule has 0 aromatic heterocycles. The van der Waals surface area contributed by atoms with Crippen LogP contribution in [-0.4, -0.2) is 0 Å². The van der Waals surface area contributed by atoms with Crippen molar-refractivity contribution in [2.75, 3.05) is 0 Å². The van der Waals surface area contributed by atoms with Gasteiger partial charge in [0.25, 0.3) is 0 Å². The molecular formula is C63H38. The molecule has 2 aliphatic rings. The number of benzene rings is 12. The van der Waals surface area contributed by atoms with Gasteiger partial charge in [-0.2, -0.15) is 0 Å². The molecule has 0 bridgehead atoms. The predicted octanol–water partition coefficient (Wildman–Crippen LogP) is 16.8. The Morgan fingerprint density at radius 2 is 0.651 bits per heavy atom. The van der Waals surface area contributed by atoms with E-state index >= 15 is 0 Å². The van der Waals surface area contributed by atoms with Crippen LogP contribution < -0.4 is 0 Å². The molecule has 12 aromatic rings. The van der Waals surface area contributed by atoms with Gasteiger partial charge in [-0.3, -0.25) is 0 Å². The third-order valence-corrected chi connectivity index (χ3v) is 14.4. The molecule has 0 aliphatic heterocycles. The summed E-state index contributed by atoms with van der Waals surface area (Å²) in [5.41, 5.74) is 17.9. The van der Waals surface area contributed by atoms with Gasteiger partial charge in [0.2, 0.25) is 0 Å². The minimum absolute atomic E-state index is 0.425. The van der Waals surface area contributed by atoms with Crippen molar-refractivity contribution < 1.29 is 0 Å². The topological polar surface area (TPSA) is 0 Å². The van der Waals surface area contributed by atoms with E-state index in [9.17, 15) is 0 Å². The maximum atomic E-state index is 2.54. The van der Waals surface area contributed by atoms with Crippen molar-refractivity contribution in [1.29, 1.82) is 0 Å². The first-order chi connectivity index (χ1) is 31.3. The standard InChI is InChI=1S/C63H38/c1-2-16-39(17-3-1)45-32-33-54(47-21-7-6-20-46(45)47)62-52-26-10-8-24-50(52)61(51-25-9-11-27-53(51)62)43-31-30-42-36-56-55-35-40-18-4-5-19-41(40)37-59(55)63(60(56)38-44(42)34-43)57-28-14-12-22-48(57)49-23-13-15-29-58(49)63/h1-38H. The third kappa shape index (κ3) is 4.70. The van der Waals surface area contributed by atoms with E-state index in [1.807, 2.05) is 0 Å². The predicted molar refractivity (Wildman–Crippen MR) is 267 cm³/mol. The summed E-state index contributed by atoms with van der Waals surface area (Å²) in [5, 5.41) is 12.6. The lowest BCUT2D eigenvalue weighted by Gasteiger charge is -2.30. The summed E-state index contributed by atoms with van der Waals surface area (Å²) < 4.78 is 0. The minimum Gasteiger partial charge on any atom is -0.0622 e. The van der Waals surface area contributed by atoms with E-state index in [1.54, 1.807) is 0 Å². The first kappa shape index (κ1) is 34.6. The summed E-state index contributed by atoms with van der Waals surface area (Å²) in [5.74, 6) is 0. The summed E-state index contributed by atoms with van der Waals surface area (Å²) >= 11 is 0. The highest BCUT2D eigenvalue weighted by Crippen LogP contribution is 2.63. The molecule has 0 unspecified atom stereocenters. The van der Waals surface area contributed by atoms with Gasteiger partial charge < -0.3 is 0 Å². The molecule has 12 aromatic carbocycles. The maximum Gasteiger partial charge on any atom is 0.0725 e. The van der Waals surface area contributed by atoms with Gasteiger partial charge >= 0.3 is 0 Å². The third-order valence-electron chi connectivity index (χ3n) is 14.4. The second kappa shape index (κ2) is 13.0. The Labute approximate surface area is 366 Å². The summed E-state index contributed by atoms with van der Waals surface area (Å²) in [6, 6.07) is 86.7. The smallest absolute Gasteiger partial charge is 0.0622 e. The molecule has 0 nitrogen and oxygen atoms in total. The van der Waals surface area contributed by atoms with E-state index in [1.165, 1.54) is 132 Å². The molecule has 0 saturated carbocycles. The normalized spacial score (nSPS) is 13.2. The Morgan fingerprint density at radius 1 is 0.206 bits per heavy atom. The van der Waals surface area contributed by atoms with Crippen molar-refractivity contribution in [3.63, 3.8) is 0 Å². The highest BCUT2D eigenvalue weighted by Gasteiger charge is 2.51. The van der Waals surface area contributed by atoms with Crippen molar-refractivity contribution >= 4 is 53.9 Å². The molecular weight excluding hydrogens is 757 g/mol. The average molecular weight is 795 g/mol. The molecule has 0 fully saturated rings. The van der Waals surface area contributed by atoms with E-state index < -0.39 is 5.41 Å². The Balaban J connectivity index is 1.03. The number of fused-ring (bicyclic) bond motifs is 15. The zero-order chi connectivity index (χ0) is 41.2. The van der Waals surface area contributed by atoms with Crippen molar-refractivity contribution in [3.8, 4) is 55.6 Å². The van der Waals surface area contributed by atoms with E-state index in [4.69, 9.17) is 0 Å². The van der Waals surface area contributed by atoms with Gasteiger partial charge in [-0.15, -0.1) is 0 Å². The number of hydrogen-bond donors (Lipinski definition) is 0. The summed E-state index contributed by atoms with van der Waals surface area (Å²) in [4.78, 5) is 0. The van der Waals surface area contributed by atoms with Crippen molar-refractivity contribution in [3.05, 3.63) is 253 Å². The molecule has 14 rings (SSSR count). The van der Waals surface area contributed by atoms with Crippen molar-refractivity contribution in [2.24, 2.45) is 0 Å². The molecule has 290 valence electrons. The minimum atomic E-state index is -0.425. The van der Waals surface area contributed by atoms with Crippen LogP contribution >= 0.6 is 0 Å². The van der Waals surface area contributed by atoms with Crippen LogP contribution in [0.4, 0.5) is 0 Å². The van der Waals surface area contributed by atoms with Crippen LogP contribution in [0.5, 0.6) is 0 Å². The SMILES string of the molecule is c1ccc(-c2ccc(-c3c4ccccc4c(-c4ccc5cc6c(cc5c4)C4(c5ccccc5-c5ccccc54)c4cc5ccccc5cc4-6)c4ccccc34)c3ccccc23)cc1. The Kier molecular flexibility index (Phi) is 7.13. The van der Waals surface area contributed by atoms with Gasteiger partial charge in [0, 0.05) is 0 Å². The lowest BCUT2D eigenvalue weighted by atomic mass is 9.70. The fraction of sp³-hybridized carbons (Fsp3) is 0.0159. The van der Waals surface area contributed by atoms with Crippen molar-refractivity contribution in [1.82, 2.24) is 0 Å². The number of rotatable bonds is 3. The monoisotopic (exact) mass is 794 g/mol. The van der Waals surface area contributed by atoms with E-state index in [2.05, 4.69) is 231 Å². The van der Waals surface area contributed by atoms with Gasteiger partial charge in [-0.25, -0.2) is 0 Å². The fourth-order valence-electron chi connectivity index (χ4n) is 11.8. The van der Waals surface area contributed by atoms with Crippen LogP contribution in [0.3, 0.4) is 0 Å². The molecule has 0 radical (unpaired) electrons. The largest absolute Gasteiger partial charge is 0.0725 e. The summed E-state index contributed by atoms with van der Waals surface area (Å²) in [6.45, 7) is 0. The van der Waals surface area contributed by atoms with Crippen LogP contribution in [0.1, 0.15) is 22.3 Å². The molecule has 0 heterocycles. The lowest BCUT2D eigenvalue weighted by Crippen LogP contribution is -2.25. The molecule has 0 N–H and O–H groups in total. The van der Waals surface area contributed by atoms with E-state index in [-0.39, 0.29) is 0 Å². The Bertz CT molecular complexity index is 3800. The lowest BCUT2D eigenvalue weighted by molar-refractivity contribution is 0.796. The summed E-state index contributed by atoms with van der Waals surface area (Å²) in [7, 11) is 0. The van der Waals surface area contributed by atoms with Gasteiger partial charge in [-0.1, -0.05) is 200 Å². The molecule has 1 spiro atoms.